The number of hydrogen-bond donors (Lipinski definition) is 1. The summed E-state index contributed by atoms with van der Waals surface area (Å²) in [7, 11) is 1.67. The van der Waals surface area contributed by atoms with Gasteiger partial charge >= 0.3 is 0 Å². The highest BCUT2D eigenvalue weighted by molar-refractivity contribution is 5.60. The summed E-state index contributed by atoms with van der Waals surface area (Å²) < 4.78 is 5.12. The zero-order chi connectivity index (χ0) is 12.1. The number of hydrogen-bond acceptors (Lipinski definition) is 2. The van der Waals surface area contributed by atoms with Gasteiger partial charge < -0.3 is 10.1 Å². The van der Waals surface area contributed by atoms with Crippen LogP contribution in [0.2, 0.25) is 0 Å². The van der Waals surface area contributed by atoms with Gasteiger partial charge in [0.1, 0.15) is 5.75 Å². The first-order valence-corrected chi connectivity index (χ1v) is 5.82. The average Bonchev–Trinajstić information content (AvgIpc) is 2.40. The first kappa shape index (κ1) is 11.5. The van der Waals surface area contributed by atoms with E-state index in [2.05, 4.69) is 36.5 Å². The van der Waals surface area contributed by atoms with E-state index in [1.807, 2.05) is 24.3 Å². The molecule has 2 heteroatoms. The summed E-state index contributed by atoms with van der Waals surface area (Å²) in [6, 6.07) is 16.4. The fourth-order valence-corrected chi connectivity index (χ4v) is 1.66. The second kappa shape index (κ2) is 5.39. The van der Waals surface area contributed by atoms with Gasteiger partial charge in [0.25, 0.3) is 0 Å². The van der Waals surface area contributed by atoms with Gasteiger partial charge in [0, 0.05) is 11.4 Å². The van der Waals surface area contributed by atoms with Gasteiger partial charge in [-0.1, -0.05) is 19.1 Å². The quantitative estimate of drug-likeness (QED) is 0.852. The van der Waals surface area contributed by atoms with Gasteiger partial charge in [-0.15, -0.1) is 0 Å². The van der Waals surface area contributed by atoms with Gasteiger partial charge in [0.05, 0.1) is 7.11 Å². The third-order valence-corrected chi connectivity index (χ3v) is 2.74. The van der Waals surface area contributed by atoms with Crippen molar-refractivity contribution in [3.63, 3.8) is 0 Å². The van der Waals surface area contributed by atoms with Crippen LogP contribution < -0.4 is 10.1 Å². The second-order valence-electron chi connectivity index (χ2n) is 3.90. The van der Waals surface area contributed by atoms with Crippen LogP contribution in [0.3, 0.4) is 0 Å². The van der Waals surface area contributed by atoms with E-state index in [0.29, 0.717) is 0 Å². The minimum atomic E-state index is 0.872. The van der Waals surface area contributed by atoms with Gasteiger partial charge in [0.15, 0.2) is 0 Å². The third-order valence-electron chi connectivity index (χ3n) is 2.74. The molecule has 0 unspecified atom stereocenters. The molecule has 0 saturated heterocycles. The van der Waals surface area contributed by atoms with Gasteiger partial charge in [-0.3, -0.25) is 0 Å². The normalized spacial score (nSPS) is 10.0. The molecular weight excluding hydrogens is 210 g/mol. The van der Waals surface area contributed by atoms with Gasteiger partial charge in [-0.2, -0.15) is 0 Å². The number of benzene rings is 2. The Hall–Kier alpha value is -1.96. The maximum absolute atomic E-state index is 5.12. The van der Waals surface area contributed by atoms with E-state index in [0.717, 1.165) is 23.5 Å². The molecule has 2 nitrogen and oxygen atoms in total. The van der Waals surface area contributed by atoms with Crippen LogP contribution in [0, 0.1) is 0 Å². The average molecular weight is 227 g/mol. The first-order valence-electron chi connectivity index (χ1n) is 5.82. The van der Waals surface area contributed by atoms with Crippen molar-refractivity contribution >= 4 is 11.4 Å². The summed E-state index contributed by atoms with van der Waals surface area (Å²) in [4.78, 5) is 0. The zero-order valence-corrected chi connectivity index (χ0v) is 10.2. The van der Waals surface area contributed by atoms with E-state index in [1.54, 1.807) is 7.11 Å². The summed E-state index contributed by atoms with van der Waals surface area (Å²) >= 11 is 0. The second-order valence-corrected chi connectivity index (χ2v) is 3.90. The van der Waals surface area contributed by atoms with E-state index >= 15 is 0 Å². The van der Waals surface area contributed by atoms with E-state index in [1.165, 1.54) is 5.56 Å². The van der Waals surface area contributed by atoms with Crippen LogP contribution in [0.25, 0.3) is 0 Å². The Morgan fingerprint density at radius 1 is 0.882 bits per heavy atom. The molecule has 0 spiro atoms. The molecule has 2 aromatic rings. The molecule has 1 N–H and O–H groups in total. The number of anilines is 2. The number of ether oxygens (including phenoxy) is 1. The molecule has 0 amide bonds. The van der Waals surface area contributed by atoms with E-state index in [-0.39, 0.29) is 0 Å². The van der Waals surface area contributed by atoms with Crippen molar-refractivity contribution in [3.05, 3.63) is 54.1 Å². The Balaban J connectivity index is 2.08. The third kappa shape index (κ3) is 3.00. The van der Waals surface area contributed by atoms with Crippen molar-refractivity contribution in [3.8, 4) is 5.75 Å². The van der Waals surface area contributed by atoms with Crippen molar-refractivity contribution in [1.82, 2.24) is 0 Å². The lowest BCUT2D eigenvalue weighted by Gasteiger charge is -2.07. The van der Waals surface area contributed by atoms with Crippen LogP contribution >= 0.6 is 0 Å². The Bertz CT molecular complexity index is 414. The standard InChI is InChI=1S/C15H17NO/c1-3-12-4-6-13(7-5-12)16-14-8-10-15(17-2)11-9-14/h4-11,16H,3H2,1-2H3. The molecule has 0 radical (unpaired) electrons. The molecule has 0 bridgehead atoms. The van der Waals surface area contributed by atoms with E-state index < -0.39 is 0 Å². The highest BCUT2D eigenvalue weighted by Crippen LogP contribution is 2.20. The van der Waals surface area contributed by atoms with Crippen molar-refractivity contribution in [2.45, 2.75) is 13.3 Å². The molecule has 0 saturated carbocycles. The summed E-state index contributed by atoms with van der Waals surface area (Å²) in [5.41, 5.74) is 3.52. The first-order chi connectivity index (χ1) is 8.31. The molecule has 2 aromatic carbocycles. The molecule has 17 heavy (non-hydrogen) atoms. The Labute approximate surface area is 102 Å². The van der Waals surface area contributed by atoms with Crippen LogP contribution in [0.15, 0.2) is 48.5 Å². The molecule has 0 fully saturated rings. The van der Waals surface area contributed by atoms with Gasteiger partial charge in [-0.05, 0) is 48.4 Å². The van der Waals surface area contributed by atoms with Crippen LogP contribution in [-0.4, -0.2) is 7.11 Å². The lowest BCUT2D eigenvalue weighted by Crippen LogP contribution is -1.91. The van der Waals surface area contributed by atoms with Crippen molar-refractivity contribution < 1.29 is 4.74 Å². The summed E-state index contributed by atoms with van der Waals surface area (Å²) in [6.07, 6.45) is 1.07. The number of rotatable bonds is 4. The van der Waals surface area contributed by atoms with Crippen molar-refractivity contribution in [2.75, 3.05) is 12.4 Å². The van der Waals surface area contributed by atoms with Crippen LogP contribution in [0.5, 0.6) is 5.75 Å². The lowest BCUT2D eigenvalue weighted by molar-refractivity contribution is 0.415. The van der Waals surface area contributed by atoms with Gasteiger partial charge in [0.2, 0.25) is 0 Å². The van der Waals surface area contributed by atoms with Crippen molar-refractivity contribution in [2.24, 2.45) is 0 Å². The summed E-state index contributed by atoms with van der Waals surface area (Å²) in [5.74, 6) is 0.872. The molecule has 88 valence electrons. The van der Waals surface area contributed by atoms with E-state index in [4.69, 9.17) is 4.74 Å². The SMILES string of the molecule is CCc1ccc(Nc2ccc(OC)cc2)cc1. The van der Waals surface area contributed by atoms with Crippen LogP contribution in [0.4, 0.5) is 11.4 Å². The van der Waals surface area contributed by atoms with E-state index in [9.17, 15) is 0 Å². The maximum Gasteiger partial charge on any atom is 0.119 e. The largest absolute Gasteiger partial charge is 0.497 e. The minimum Gasteiger partial charge on any atom is -0.497 e. The summed E-state index contributed by atoms with van der Waals surface area (Å²) in [6.45, 7) is 2.16. The zero-order valence-electron chi connectivity index (χ0n) is 10.2. The Kier molecular flexibility index (Phi) is 3.66. The molecule has 0 atom stereocenters. The fourth-order valence-electron chi connectivity index (χ4n) is 1.66. The Morgan fingerprint density at radius 2 is 1.41 bits per heavy atom. The fraction of sp³-hybridized carbons (Fsp3) is 0.200. The maximum atomic E-state index is 5.12. The van der Waals surface area contributed by atoms with Crippen molar-refractivity contribution in [1.29, 1.82) is 0 Å². The predicted octanol–water partition coefficient (Wildman–Crippen LogP) is 4.00. The molecule has 0 heterocycles. The van der Waals surface area contributed by atoms with Crippen LogP contribution in [0.1, 0.15) is 12.5 Å². The number of aryl methyl sites for hydroxylation is 1. The summed E-state index contributed by atoms with van der Waals surface area (Å²) in [5, 5.41) is 3.35. The lowest BCUT2D eigenvalue weighted by atomic mass is 10.1. The molecule has 2 rings (SSSR count). The highest BCUT2D eigenvalue weighted by atomic mass is 16.5. The smallest absolute Gasteiger partial charge is 0.119 e. The minimum absolute atomic E-state index is 0.872. The molecule has 0 aromatic heterocycles. The molecule has 0 aliphatic rings. The Morgan fingerprint density at radius 3 is 1.88 bits per heavy atom. The number of methoxy groups -OCH3 is 1. The molecule has 0 aliphatic carbocycles. The molecule has 0 aliphatic heterocycles. The van der Waals surface area contributed by atoms with Crippen LogP contribution in [-0.2, 0) is 6.42 Å². The van der Waals surface area contributed by atoms with Gasteiger partial charge in [-0.25, -0.2) is 0 Å². The molecular formula is C15H17NO. The monoisotopic (exact) mass is 227 g/mol. The predicted molar refractivity (Wildman–Crippen MR) is 72.1 cm³/mol. The topological polar surface area (TPSA) is 21.3 Å². The number of nitrogens with one attached hydrogen (secondary N) is 1. The highest BCUT2D eigenvalue weighted by Gasteiger charge is 1.96.